The van der Waals surface area contributed by atoms with Gasteiger partial charge >= 0.3 is 5.97 Å². The van der Waals surface area contributed by atoms with Gasteiger partial charge in [0.05, 0.1) is 6.61 Å². The summed E-state index contributed by atoms with van der Waals surface area (Å²) >= 11 is 3.04. The molecule has 17 heavy (non-hydrogen) atoms. The predicted molar refractivity (Wildman–Crippen MR) is 60.6 cm³/mol. The zero-order valence-electron chi connectivity index (χ0n) is 8.93. The summed E-state index contributed by atoms with van der Waals surface area (Å²) in [5.74, 6) is -1.04. The van der Waals surface area contributed by atoms with Crippen LogP contribution in [0.1, 0.15) is 35.1 Å². The van der Waals surface area contributed by atoms with Crippen LogP contribution < -0.4 is 5.43 Å². The topological polar surface area (TPSA) is 59.2 Å². The average molecular weight is 310 g/mol. The van der Waals surface area contributed by atoms with Gasteiger partial charge in [0.2, 0.25) is 0 Å². The highest BCUT2D eigenvalue weighted by atomic mass is 79.9. The van der Waals surface area contributed by atoms with Crippen molar-refractivity contribution in [2.24, 2.45) is 0 Å². The van der Waals surface area contributed by atoms with Crippen LogP contribution in [0.2, 0.25) is 0 Å². The minimum Gasteiger partial charge on any atom is -0.462 e. The molecule has 1 aromatic heterocycles. The fourth-order valence-corrected chi connectivity index (χ4v) is 1.59. The minimum absolute atomic E-state index is 0.0150. The number of pyridine rings is 1. The van der Waals surface area contributed by atoms with Crippen LogP contribution in [0.15, 0.2) is 10.9 Å². The van der Waals surface area contributed by atoms with Crippen LogP contribution >= 0.6 is 15.9 Å². The molecule has 0 radical (unpaired) electrons. The summed E-state index contributed by atoms with van der Waals surface area (Å²) in [5.41, 5.74) is -1.83. The van der Waals surface area contributed by atoms with E-state index in [4.69, 9.17) is 0 Å². The van der Waals surface area contributed by atoms with Crippen molar-refractivity contribution in [1.82, 2.24) is 4.98 Å². The van der Waals surface area contributed by atoms with Crippen molar-refractivity contribution in [2.75, 3.05) is 6.61 Å². The Morgan fingerprint density at radius 1 is 1.59 bits per heavy atom. The van der Waals surface area contributed by atoms with Crippen LogP contribution in [0.3, 0.4) is 0 Å². The molecule has 0 amide bonds. The van der Waals surface area contributed by atoms with Gasteiger partial charge in [0, 0.05) is 17.1 Å². The van der Waals surface area contributed by atoms with Gasteiger partial charge in [0.1, 0.15) is 11.3 Å². The average Bonchev–Trinajstić information content (AvgIpc) is 2.27. The van der Waals surface area contributed by atoms with Gasteiger partial charge in [-0.25, -0.2) is 13.6 Å². The number of hydrogen-bond donors (Lipinski definition) is 1. The number of ether oxygens (including phenoxy) is 1. The number of aromatic amines is 1. The largest absolute Gasteiger partial charge is 0.462 e. The summed E-state index contributed by atoms with van der Waals surface area (Å²) in [7, 11) is 0. The third-order valence-corrected chi connectivity index (χ3v) is 2.56. The van der Waals surface area contributed by atoms with E-state index in [0.717, 1.165) is 6.07 Å². The van der Waals surface area contributed by atoms with Gasteiger partial charge in [-0.2, -0.15) is 0 Å². The van der Waals surface area contributed by atoms with Gasteiger partial charge in [-0.1, -0.05) is 15.9 Å². The molecular formula is C10H10BrF2NO3. The van der Waals surface area contributed by atoms with E-state index in [9.17, 15) is 18.4 Å². The molecule has 94 valence electrons. The van der Waals surface area contributed by atoms with Crippen molar-refractivity contribution in [2.45, 2.75) is 18.7 Å². The van der Waals surface area contributed by atoms with Crippen molar-refractivity contribution < 1.29 is 18.3 Å². The first-order valence-corrected chi connectivity index (χ1v) is 5.90. The Bertz CT molecular complexity index is 473. The summed E-state index contributed by atoms with van der Waals surface area (Å²) in [6.07, 6.45) is -2.94. The molecule has 7 heteroatoms. The van der Waals surface area contributed by atoms with E-state index in [2.05, 4.69) is 25.7 Å². The van der Waals surface area contributed by atoms with Crippen molar-refractivity contribution in [1.29, 1.82) is 0 Å². The zero-order chi connectivity index (χ0) is 13.0. The molecule has 0 fully saturated rings. The van der Waals surface area contributed by atoms with Crippen LogP contribution in [0.25, 0.3) is 0 Å². The first-order chi connectivity index (χ1) is 8.01. The van der Waals surface area contributed by atoms with Gasteiger partial charge in [-0.15, -0.1) is 0 Å². The Morgan fingerprint density at radius 3 is 2.71 bits per heavy atom. The summed E-state index contributed by atoms with van der Waals surface area (Å²) in [6, 6.07) is 1.09. The zero-order valence-corrected chi connectivity index (χ0v) is 10.5. The normalized spacial score (nSPS) is 10.6. The molecule has 0 aromatic carbocycles. The lowest BCUT2D eigenvalue weighted by Crippen LogP contribution is -2.22. The molecule has 0 spiro atoms. The van der Waals surface area contributed by atoms with Crippen molar-refractivity contribution >= 4 is 21.9 Å². The Kier molecular flexibility index (Phi) is 4.80. The van der Waals surface area contributed by atoms with Crippen molar-refractivity contribution in [3.05, 3.63) is 33.2 Å². The van der Waals surface area contributed by atoms with Crippen LogP contribution in [0.4, 0.5) is 8.78 Å². The number of aromatic nitrogens is 1. The number of alkyl halides is 3. The van der Waals surface area contributed by atoms with Crippen LogP contribution in [-0.4, -0.2) is 17.6 Å². The number of H-pyrrole nitrogens is 1. The lowest BCUT2D eigenvalue weighted by Gasteiger charge is -2.09. The highest BCUT2D eigenvalue weighted by molar-refractivity contribution is 9.08. The number of halogens is 3. The molecule has 1 N–H and O–H groups in total. The smallest absolute Gasteiger partial charge is 0.344 e. The number of carbonyl (C=O) groups is 1. The number of nitrogens with one attached hydrogen (secondary N) is 1. The third-order valence-electron chi connectivity index (χ3n) is 1.96. The first kappa shape index (κ1) is 13.8. The third kappa shape index (κ3) is 3.12. The maximum absolute atomic E-state index is 12.7. The fraction of sp³-hybridized carbons (Fsp3) is 0.400. The Morgan fingerprint density at radius 2 is 2.24 bits per heavy atom. The highest BCUT2D eigenvalue weighted by Crippen LogP contribution is 2.20. The number of carbonyl (C=O) groups excluding carboxylic acids is 1. The Balaban J connectivity index is 3.37. The molecule has 0 unspecified atom stereocenters. The summed E-state index contributed by atoms with van der Waals surface area (Å²) in [5, 5.41) is 0.213. The van der Waals surface area contributed by atoms with E-state index in [-0.39, 0.29) is 17.6 Å². The van der Waals surface area contributed by atoms with Gasteiger partial charge in [-0.05, 0) is 6.92 Å². The minimum atomic E-state index is -2.94. The Hall–Kier alpha value is -1.24. The molecule has 1 aromatic rings. The lowest BCUT2D eigenvalue weighted by atomic mass is 10.1. The van der Waals surface area contributed by atoms with Crippen LogP contribution in [-0.2, 0) is 10.1 Å². The van der Waals surface area contributed by atoms with Gasteiger partial charge in [0.15, 0.2) is 5.43 Å². The molecule has 0 bridgehead atoms. The summed E-state index contributed by atoms with van der Waals surface area (Å²) in [6.45, 7) is 1.54. The standard InChI is InChI=1S/C10H10BrF2NO3/c1-2-17-10(16)7-6(15)3-5(4-11)14-8(7)9(12)13/h3,9H,2,4H2,1H3,(H,14,15). The number of hydrogen-bond acceptors (Lipinski definition) is 3. The monoisotopic (exact) mass is 309 g/mol. The SMILES string of the molecule is CCOC(=O)c1c(C(F)F)[nH]c(CBr)cc1=O. The number of rotatable bonds is 4. The van der Waals surface area contributed by atoms with E-state index in [1.54, 1.807) is 0 Å². The molecule has 1 rings (SSSR count). The van der Waals surface area contributed by atoms with Crippen molar-refractivity contribution in [3.63, 3.8) is 0 Å². The second kappa shape index (κ2) is 5.90. The molecule has 0 aliphatic rings. The fourth-order valence-electron chi connectivity index (χ4n) is 1.28. The van der Waals surface area contributed by atoms with E-state index < -0.39 is 29.1 Å². The van der Waals surface area contributed by atoms with Gasteiger partial charge in [-0.3, -0.25) is 4.79 Å². The second-order valence-corrected chi connectivity index (χ2v) is 3.66. The van der Waals surface area contributed by atoms with Crippen molar-refractivity contribution in [3.8, 4) is 0 Å². The van der Waals surface area contributed by atoms with E-state index >= 15 is 0 Å². The van der Waals surface area contributed by atoms with E-state index in [1.165, 1.54) is 6.92 Å². The van der Waals surface area contributed by atoms with E-state index in [1.807, 2.05) is 0 Å². The molecule has 1 heterocycles. The maximum atomic E-state index is 12.7. The van der Waals surface area contributed by atoms with E-state index in [0.29, 0.717) is 0 Å². The van der Waals surface area contributed by atoms with Gasteiger partial charge < -0.3 is 9.72 Å². The molecule has 0 aliphatic heterocycles. The van der Waals surface area contributed by atoms with Crippen LogP contribution in [0.5, 0.6) is 0 Å². The molecular weight excluding hydrogens is 300 g/mol. The first-order valence-electron chi connectivity index (χ1n) is 4.78. The Labute approximate surface area is 104 Å². The molecule has 4 nitrogen and oxygen atoms in total. The second-order valence-electron chi connectivity index (χ2n) is 3.10. The van der Waals surface area contributed by atoms with Gasteiger partial charge in [0.25, 0.3) is 6.43 Å². The molecule has 0 saturated heterocycles. The molecule has 0 atom stereocenters. The maximum Gasteiger partial charge on any atom is 0.344 e. The summed E-state index contributed by atoms with van der Waals surface area (Å²) < 4.78 is 30.0. The lowest BCUT2D eigenvalue weighted by molar-refractivity contribution is 0.0511. The summed E-state index contributed by atoms with van der Waals surface area (Å²) in [4.78, 5) is 25.3. The molecule has 0 aliphatic carbocycles. The highest BCUT2D eigenvalue weighted by Gasteiger charge is 2.24. The van der Waals surface area contributed by atoms with Crippen LogP contribution in [0, 0.1) is 0 Å². The predicted octanol–water partition coefficient (Wildman–Crippen LogP) is 2.38. The number of esters is 1. The molecule has 0 saturated carbocycles. The quantitative estimate of drug-likeness (QED) is 0.686.